The average Bonchev–Trinajstić information content (AvgIpc) is 3.03. The van der Waals surface area contributed by atoms with Crippen LogP contribution >= 0.6 is 39.7 Å². The number of aryl methyl sites for hydroxylation is 1. The van der Waals surface area contributed by atoms with Gasteiger partial charge in [-0.2, -0.15) is 0 Å². The normalized spacial score (nSPS) is 10.8. The van der Waals surface area contributed by atoms with Crippen molar-refractivity contribution in [2.24, 2.45) is 0 Å². The summed E-state index contributed by atoms with van der Waals surface area (Å²) >= 11 is 5.00. The van der Waals surface area contributed by atoms with Crippen LogP contribution in [0.5, 0.6) is 5.75 Å². The van der Waals surface area contributed by atoms with Crippen LogP contribution < -0.4 is 9.64 Å². The van der Waals surface area contributed by atoms with Gasteiger partial charge in [-0.15, -0.1) is 12.4 Å². The van der Waals surface area contributed by atoms with Crippen LogP contribution in [0.3, 0.4) is 0 Å². The SMILES string of the molecule is Cc1ccccc1OCC(=O)N(CCN(C)C)c1nc2ccc(Br)cc2s1.Cl. The number of aromatic nitrogens is 1. The van der Waals surface area contributed by atoms with E-state index in [1.54, 1.807) is 4.90 Å². The fraction of sp³-hybridized carbons (Fsp3) is 0.300. The minimum absolute atomic E-state index is 0. The maximum Gasteiger partial charge on any atom is 0.266 e. The molecule has 0 spiro atoms. The van der Waals surface area contributed by atoms with Crippen LogP contribution in [0, 0.1) is 6.92 Å². The Morgan fingerprint density at radius 1 is 1.18 bits per heavy atom. The molecule has 0 aliphatic rings. The fourth-order valence-electron chi connectivity index (χ4n) is 2.56. The predicted molar refractivity (Wildman–Crippen MR) is 122 cm³/mol. The van der Waals surface area contributed by atoms with E-state index in [1.807, 2.05) is 68.4 Å². The third-order valence-corrected chi connectivity index (χ3v) is 5.62. The highest BCUT2D eigenvalue weighted by Gasteiger charge is 2.20. The van der Waals surface area contributed by atoms with Gasteiger partial charge in [0.15, 0.2) is 11.7 Å². The topological polar surface area (TPSA) is 45.7 Å². The minimum atomic E-state index is -0.0989. The van der Waals surface area contributed by atoms with E-state index in [2.05, 4.69) is 20.9 Å². The number of amides is 1. The van der Waals surface area contributed by atoms with Crippen molar-refractivity contribution in [1.82, 2.24) is 9.88 Å². The molecule has 3 rings (SSSR count). The largest absolute Gasteiger partial charge is 0.483 e. The summed E-state index contributed by atoms with van der Waals surface area (Å²) in [7, 11) is 3.98. The third kappa shape index (κ3) is 5.67. The summed E-state index contributed by atoms with van der Waals surface area (Å²) in [4.78, 5) is 21.3. The summed E-state index contributed by atoms with van der Waals surface area (Å²) < 4.78 is 7.81. The Hall–Kier alpha value is -1.67. The lowest BCUT2D eigenvalue weighted by molar-refractivity contribution is -0.120. The van der Waals surface area contributed by atoms with E-state index < -0.39 is 0 Å². The molecule has 0 N–H and O–H groups in total. The number of fused-ring (bicyclic) bond motifs is 1. The highest BCUT2D eigenvalue weighted by molar-refractivity contribution is 9.10. The first kappa shape index (κ1) is 22.6. The van der Waals surface area contributed by atoms with Gasteiger partial charge in [-0.3, -0.25) is 9.69 Å². The number of nitrogens with zero attached hydrogens (tertiary/aromatic N) is 3. The van der Waals surface area contributed by atoms with Gasteiger partial charge in [0.05, 0.1) is 10.2 Å². The average molecular weight is 485 g/mol. The van der Waals surface area contributed by atoms with Gasteiger partial charge in [-0.25, -0.2) is 4.98 Å². The molecule has 0 atom stereocenters. The molecule has 1 aromatic heterocycles. The van der Waals surface area contributed by atoms with Crippen molar-refractivity contribution < 1.29 is 9.53 Å². The molecule has 0 unspecified atom stereocenters. The summed E-state index contributed by atoms with van der Waals surface area (Å²) in [5, 5.41) is 0.698. The van der Waals surface area contributed by atoms with E-state index in [9.17, 15) is 4.79 Å². The van der Waals surface area contributed by atoms with E-state index in [0.717, 1.165) is 32.5 Å². The number of ether oxygens (including phenoxy) is 1. The molecule has 0 saturated carbocycles. The maximum atomic E-state index is 12.9. The summed E-state index contributed by atoms with van der Waals surface area (Å²) in [5.74, 6) is 0.630. The van der Waals surface area contributed by atoms with Crippen LogP contribution in [0.1, 0.15) is 5.56 Å². The molecule has 2 aromatic carbocycles. The lowest BCUT2D eigenvalue weighted by atomic mass is 10.2. The number of halogens is 2. The van der Waals surface area contributed by atoms with Crippen LogP contribution in [0.25, 0.3) is 10.2 Å². The minimum Gasteiger partial charge on any atom is -0.483 e. The van der Waals surface area contributed by atoms with Crippen LogP contribution in [-0.4, -0.2) is 49.6 Å². The van der Waals surface area contributed by atoms with Gasteiger partial charge < -0.3 is 9.64 Å². The monoisotopic (exact) mass is 483 g/mol. The Morgan fingerprint density at radius 3 is 2.64 bits per heavy atom. The number of thiazole rings is 1. The maximum absolute atomic E-state index is 12.9. The second kappa shape index (κ2) is 10.2. The van der Waals surface area contributed by atoms with Crippen molar-refractivity contribution >= 4 is 60.9 Å². The second-order valence-corrected chi connectivity index (χ2v) is 8.44. The lowest BCUT2D eigenvalue weighted by Crippen LogP contribution is -2.39. The van der Waals surface area contributed by atoms with Crippen LogP contribution in [0.2, 0.25) is 0 Å². The van der Waals surface area contributed by atoms with Crippen molar-refractivity contribution in [1.29, 1.82) is 0 Å². The predicted octanol–water partition coefficient (Wildman–Crippen LogP) is 4.76. The Balaban J connectivity index is 0.00000280. The number of para-hydroxylation sites is 1. The van der Waals surface area contributed by atoms with Gasteiger partial charge in [0.25, 0.3) is 5.91 Å². The summed E-state index contributed by atoms with van der Waals surface area (Å²) in [5.41, 5.74) is 1.90. The van der Waals surface area contributed by atoms with Gasteiger partial charge in [-0.05, 0) is 50.8 Å². The standard InChI is InChI=1S/C20H22BrN3O2S.ClH/c1-14-6-4-5-7-17(14)26-13-19(25)24(11-10-23(2)3)20-22-16-9-8-15(21)12-18(16)27-20;/h4-9,12H,10-11,13H2,1-3H3;1H. The zero-order valence-electron chi connectivity index (χ0n) is 16.0. The number of hydrogen-bond acceptors (Lipinski definition) is 5. The van der Waals surface area contributed by atoms with Gasteiger partial charge >= 0.3 is 0 Å². The molecule has 1 heterocycles. The molecule has 8 heteroatoms. The molecule has 0 fully saturated rings. The van der Waals surface area contributed by atoms with Crippen molar-refractivity contribution in [2.45, 2.75) is 6.92 Å². The van der Waals surface area contributed by atoms with Crippen molar-refractivity contribution in [3.8, 4) is 5.75 Å². The fourth-order valence-corrected chi connectivity index (χ4v) is 4.13. The smallest absolute Gasteiger partial charge is 0.266 e. The van der Waals surface area contributed by atoms with Crippen molar-refractivity contribution in [3.63, 3.8) is 0 Å². The first-order valence-electron chi connectivity index (χ1n) is 8.63. The summed E-state index contributed by atoms with van der Waals surface area (Å²) in [6, 6.07) is 13.6. The molecule has 0 radical (unpaired) electrons. The van der Waals surface area contributed by atoms with Crippen molar-refractivity contribution in [3.05, 3.63) is 52.5 Å². The Kier molecular flexibility index (Phi) is 8.24. The number of likely N-dealkylation sites (N-methyl/N-ethyl adjacent to an activating group) is 1. The number of rotatable bonds is 7. The van der Waals surface area contributed by atoms with Gasteiger partial charge in [0.2, 0.25) is 0 Å². The van der Waals surface area contributed by atoms with Gasteiger partial charge in [0.1, 0.15) is 5.75 Å². The highest BCUT2D eigenvalue weighted by atomic mass is 79.9. The number of benzene rings is 2. The van der Waals surface area contributed by atoms with Crippen LogP contribution in [0.15, 0.2) is 46.9 Å². The van der Waals surface area contributed by atoms with Crippen LogP contribution in [0.4, 0.5) is 5.13 Å². The number of carbonyl (C=O) groups is 1. The third-order valence-electron chi connectivity index (χ3n) is 4.09. The molecule has 0 bridgehead atoms. The first-order chi connectivity index (χ1) is 12.9. The van der Waals surface area contributed by atoms with E-state index >= 15 is 0 Å². The molecule has 28 heavy (non-hydrogen) atoms. The Bertz CT molecular complexity index is 948. The lowest BCUT2D eigenvalue weighted by Gasteiger charge is -2.22. The molecule has 0 aliphatic heterocycles. The van der Waals surface area contributed by atoms with Gasteiger partial charge in [0, 0.05) is 17.6 Å². The van der Waals surface area contributed by atoms with Crippen molar-refractivity contribution in [2.75, 3.05) is 38.7 Å². The van der Waals surface area contributed by atoms with Gasteiger partial charge in [-0.1, -0.05) is 45.5 Å². The Labute approximate surface area is 183 Å². The molecule has 0 saturated heterocycles. The van der Waals surface area contributed by atoms with Crippen LogP contribution in [-0.2, 0) is 4.79 Å². The molecule has 3 aromatic rings. The summed E-state index contributed by atoms with van der Waals surface area (Å²) in [6.07, 6.45) is 0. The van der Waals surface area contributed by atoms with E-state index in [-0.39, 0.29) is 24.9 Å². The molecule has 0 aliphatic carbocycles. The molecule has 150 valence electrons. The van der Waals surface area contributed by atoms with E-state index in [4.69, 9.17) is 4.74 Å². The summed E-state index contributed by atoms with van der Waals surface area (Å²) in [6.45, 7) is 3.26. The molecular weight excluding hydrogens is 462 g/mol. The quantitative estimate of drug-likeness (QED) is 0.485. The van der Waals surface area contributed by atoms with E-state index in [1.165, 1.54) is 11.3 Å². The number of anilines is 1. The first-order valence-corrected chi connectivity index (χ1v) is 10.2. The Morgan fingerprint density at radius 2 is 1.93 bits per heavy atom. The number of carbonyl (C=O) groups excluding carboxylic acids is 1. The number of hydrogen-bond donors (Lipinski definition) is 0. The second-order valence-electron chi connectivity index (χ2n) is 6.51. The molecular formula is C20H23BrClN3O2S. The molecule has 1 amide bonds. The highest BCUT2D eigenvalue weighted by Crippen LogP contribution is 2.31. The van der Waals surface area contributed by atoms with E-state index in [0.29, 0.717) is 11.7 Å². The zero-order chi connectivity index (χ0) is 19.4. The molecule has 5 nitrogen and oxygen atoms in total. The zero-order valence-corrected chi connectivity index (χ0v) is 19.2.